The molecule has 1 amide bonds. The van der Waals surface area contributed by atoms with E-state index in [1.54, 1.807) is 36.4 Å². The molecule has 0 saturated carbocycles. The number of nitrogens with one attached hydrogen (secondary N) is 2. The van der Waals surface area contributed by atoms with E-state index in [2.05, 4.69) is 10.0 Å². The highest BCUT2D eigenvalue weighted by Gasteiger charge is 2.15. The summed E-state index contributed by atoms with van der Waals surface area (Å²) >= 11 is 0. The van der Waals surface area contributed by atoms with Crippen molar-refractivity contribution in [2.24, 2.45) is 0 Å². The lowest BCUT2D eigenvalue weighted by Crippen LogP contribution is -2.15. The molecule has 0 unspecified atom stereocenters. The molecule has 0 heterocycles. The molecule has 7 heteroatoms. The second-order valence-corrected chi connectivity index (χ2v) is 7.87. The van der Waals surface area contributed by atoms with Crippen molar-refractivity contribution in [2.45, 2.75) is 11.8 Å². The number of carbonyl (C=O) groups excluding carboxylic acids is 1. The van der Waals surface area contributed by atoms with Gasteiger partial charge < -0.3 is 10.1 Å². The number of benzene rings is 3. The lowest BCUT2D eigenvalue weighted by Gasteiger charge is -2.11. The van der Waals surface area contributed by atoms with E-state index in [1.165, 1.54) is 25.3 Å². The topological polar surface area (TPSA) is 84.5 Å². The lowest BCUT2D eigenvalue weighted by molar-refractivity contribution is 0.102. The van der Waals surface area contributed by atoms with Gasteiger partial charge in [0.25, 0.3) is 15.9 Å². The number of aryl methyl sites for hydroxylation is 1. The number of carbonyl (C=O) groups is 1. The maximum absolute atomic E-state index is 12.6. The first kappa shape index (κ1) is 19.4. The van der Waals surface area contributed by atoms with Crippen molar-refractivity contribution in [1.29, 1.82) is 0 Å². The number of hydrogen-bond acceptors (Lipinski definition) is 4. The van der Waals surface area contributed by atoms with Crippen molar-refractivity contribution >= 4 is 27.3 Å². The average molecular weight is 396 g/mol. The zero-order valence-corrected chi connectivity index (χ0v) is 16.3. The molecular weight excluding hydrogens is 376 g/mol. The Balaban J connectivity index is 1.77. The molecule has 0 aliphatic carbocycles. The summed E-state index contributed by atoms with van der Waals surface area (Å²) in [4.78, 5) is 12.6. The second-order valence-electron chi connectivity index (χ2n) is 6.19. The molecule has 28 heavy (non-hydrogen) atoms. The Morgan fingerprint density at radius 1 is 0.893 bits per heavy atom. The first-order chi connectivity index (χ1) is 13.4. The molecule has 6 nitrogen and oxygen atoms in total. The molecule has 2 N–H and O–H groups in total. The maximum atomic E-state index is 12.6. The number of ether oxygens (including phenoxy) is 1. The van der Waals surface area contributed by atoms with E-state index >= 15 is 0 Å². The Morgan fingerprint density at radius 3 is 2.25 bits per heavy atom. The summed E-state index contributed by atoms with van der Waals surface area (Å²) in [6, 6.07) is 19.8. The number of anilines is 2. The SMILES string of the molecule is COc1ccc(S(=O)(=O)Nc2cccc(C(=O)Nc3cccc(C)c3)c2)cc1. The van der Waals surface area contributed by atoms with Gasteiger partial charge in [0.05, 0.1) is 12.0 Å². The van der Waals surface area contributed by atoms with Gasteiger partial charge in [0.1, 0.15) is 5.75 Å². The van der Waals surface area contributed by atoms with E-state index in [0.29, 0.717) is 22.7 Å². The quantitative estimate of drug-likeness (QED) is 0.658. The van der Waals surface area contributed by atoms with Crippen molar-refractivity contribution in [3.63, 3.8) is 0 Å². The van der Waals surface area contributed by atoms with Gasteiger partial charge in [-0.15, -0.1) is 0 Å². The Labute approximate surface area is 164 Å². The minimum absolute atomic E-state index is 0.0999. The third kappa shape index (κ3) is 4.69. The van der Waals surface area contributed by atoms with Crippen molar-refractivity contribution in [3.8, 4) is 5.75 Å². The van der Waals surface area contributed by atoms with E-state index < -0.39 is 10.0 Å². The number of hydrogen-bond donors (Lipinski definition) is 2. The standard InChI is InChI=1S/C21H20N2O4S/c1-15-5-3-7-17(13-15)22-21(24)16-6-4-8-18(14-16)23-28(25,26)20-11-9-19(27-2)10-12-20/h3-14,23H,1-2H3,(H,22,24). The van der Waals surface area contributed by atoms with Gasteiger partial charge in [0, 0.05) is 16.9 Å². The van der Waals surface area contributed by atoms with E-state index in [1.807, 2.05) is 25.1 Å². The van der Waals surface area contributed by atoms with Crippen LogP contribution in [0.2, 0.25) is 0 Å². The Kier molecular flexibility index (Phi) is 5.65. The van der Waals surface area contributed by atoms with Crippen LogP contribution in [0.1, 0.15) is 15.9 Å². The minimum Gasteiger partial charge on any atom is -0.497 e. The zero-order chi connectivity index (χ0) is 20.1. The third-order valence-corrected chi connectivity index (χ3v) is 5.42. The van der Waals surface area contributed by atoms with Crippen molar-refractivity contribution in [2.75, 3.05) is 17.1 Å². The van der Waals surface area contributed by atoms with E-state index in [9.17, 15) is 13.2 Å². The smallest absolute Gasteiger partial charge is 0.261 e. The van der Waals surface area contributed by atoms with Crippen LogP contribution in [-0.2, 0) is 10.0 Å². The highest BCUT2D eigenvalue weighted by Crippen LogP contribution is 2.20. The number of rotatable bonds is 6. The summed E-state index contributed by atoms with van der Waals surface area (Å²) in [5.74, 6) is 0.241. The van der Waals surface area contributed by atoms with Gasteiger partial charge in [-0.25, -0.2) is 8.42 Å². The largest absolute Gasteiger partial charge is 0.497 e. The molecule has 3 rings (SSSR count). The van der Waals surface area contributed by atoms with Crippen LogP contribution in [0.5, 0.6) is 5.75 Å². The fourth-order valence-corrected chi connectivity index (χ4v) is 3.67. The molecule has 0 aliphatic rings. The van der Waals surface area contributed by atoms with Crippen LogP contribution >= 0.6 is 0 Å². The molecule has 0 bridgehead atoms. The number of methoxy groups -OCH3 is 1. The molecule has 3 aromatic rings. The third-order valence-electron chi connectivity index (χ3n) is 4.02. The monoisotopic (exact) mass is 396 g/mol. The molecule has 0 radical (unpaired) electrons. The fraction of sp³-hybridized carbons (Fsp3) is 0.0952. The molecule has 0 atom stereocenters. The fourth-order valence-electron chi connectivity index (χ4n) is 2.62. The minimum atomic E-state index is -3.78. The molecule has 0 saturated heterocycles. The van der Waals surface area contributed by atoms with Crippen LogP contribution in [0.4, 0.5) is 11.4 Å². The molecule has 0 aromatic heterocycles. The van der Waals surface area contributed by atoms with Crippen LogP contribution in [0, 0.1) is 6.92 Å². The molecule has 0 aliphatic heterocycles. The molecule has 3 aromatic carbocycles. The first-order valence-electron chi connectivity index (χ1n) is 8.52. The van der Waals surface area contributed by atoms with Gasteiger partial charge in [-0.05, 0) is 67.1 Å². The highest BCUT2D eigenvalue weighted by atomic mass is 32.2. The summed E-state index contributed by atoms with van der Waals surface area (Å²) in [5.41, 5.74) is 2.34. The van der Waals surface area contributed by atoms with Gasteiger partial charge in [0.15, 0.2) is 0 Å². The Morgan fingerprint density at radius 2 is 1.57 bits per heavy atom. The van der Waals surface area contributed by atoms with E-state index in [-0.39, 0.29) is 10.8 Å². The summed E-state index contributed by atoms with van der Waals surface area (Å²) in [7, 11) is -2.27. The Hall–Kier alpha value is -3.32. The summed E-state index contributed by atoms with van der Waals surface area (Å²) in [6.45, 7) is 1.93. The van der Waals surface area contributed by atoms with Crippen LogP contribution in [-0.4, -0.2) is 21.4 Å². The van der Waals surface area contributed by atoms with Gasteiger partial charge in [-0.1, -0.05) is 18.2 Å². The van der Waals surface area contributed by atoms with Crippen molar-refractivity contribution < 1.29 is 17.9 Å². The summed E-state index contributed by atoms with van der Waals surface area (Å²) in [5, 5.41) is 2.80. The average Bonchev–Trinajstić information content (AvgIpc) is 2.68. The Bertz CT molecular complexity index is 1090. The molecule has 0 fully saturated rings. The van der Waals surface area contributed by atoms with Crippen LogP contribution in [0.3, 0.4) is 0 Å². The highest BCUT2D eigenvalue weighted by molar-refractivity contribution is 7.92. The van der Waals surface area contributed by atoms with Crippen LogP contribution < -0.4 is 14.8 Å². The number of sulfonamides is 1. The van der Waals surface area contributed by atoms with Gasteiger partial charge >= 0.3 is 0 Å². The lowest BCUT2D eigenvalue weighted by atomic mass is 10.1. The predicted molar refractivity (Wildman–Crippen MR) is 109 cm³/mol. The van der Waals surface area contributed by atoms with Crippen LogP contribution in [0.25, 0.3) is 0 Å². The van der Waals surface area contributed by atoms with Crippen molar-refractivity contribution in [3.05, 3.63) is 83.9 Å². The van der Waals surface area contributed by atoms with E-state index in [4.69, 9.17) is 4.74 Å². The molecular formula is C21H20N2O4S. The maximum Gasteiger partial charge on any atom is 0.261 e. The normalized spacial score (nSPS) is 10.9. The molecule has 0 spiro atoms. The predicted octanol–water partition coefficient (Wildman–Crippen LogP) is 4.06. The summed E-state index contributed by atoms with van der Waals surface area (Å²) < 4.78 is 32.6. The summed E-state index contributed by atoms with van der Waals surface area (Å²) in [6.07, 6.45) is 0. The number of amides is 1. The molecule has 144 valence electrons. The van der Waals surface area contributed by atoms with E-state index in [0.717, 1.165) is 5.56 Å². The first-order valence-corrected chi connectivity index (χ1v) is 10.0. The van der Waals surface area contributed by atoms with Gasteiger partial charge in [0.2, 0.25) is 0 Å². The van der Waals surface area contributed by atoms with Gasteiger partial charge in [-0.3, -0.25) is 9.52 Å². The second kappa shape index (κ2) is 8.14. The van der Waals surface area contributed by atoms with Crippen molar-refractivity contribution in [1.82, 2.24) is 0 Å². The van der Waals surface area contributed by atoms with Crippen LogP contribution in [0.15, 0.2) is 77.7 Å². The van der Waals surface area contributed by atoms with Gasteiger partial charge in [-0.2, -0.15) is 0 Å². The zero-order valence-electron chi connectivity index (χ0n) is 15.5.